The lowest BCUT2D eigenvalue weighted by Crippen LogP contribution is -2.37. The third-order valence-corrected chi connectivity index (χ3v) is 4.10. The molecule has 1 heterocycles. The molecule has 0 amide bonds. The molecule has 0 bridgehead atoms. The fourth-order valence-electron chi connectivity index (χ4n) is 0.648. The van der Waals surface area contributed by atoms with Crippen molar-refractivity contribution in [3.8, 4) is 0 Å². The Bertz CT molecular complexity index is 358. The fourth-order valence-corrected chi connectivity index (χ4v) is 2.21. The molecule has 1 rings (SSSR count). The first-order chi connectivity index (χ1) is 5.96. The lowest BCUT2D eigenvalue weighted by atomic mass is 11.1. The SMILES string of the molecule is CN(C)S(=O)(=O)N(C)c1nncs1. The Morgan fingerprint density at radius 3 is 2.38 bits per heavy atom. The van der Waals surface area contributed by atoms with E-state index in [1.807, 2.05) is 0 Å². The van der Waals surface area contributed by atoms with E-state index in [-0.39, 0.29) is 0 Å². The Kier molecular flexibility index (Phi) is 2.84. The van der Waals surface area contributed by atoms with Crippen molar-refractivity contribution in [1.82, 2.24) is 14.5 Å². The summed E-state index contributed by atoms with van der Waals surface area (Å²) in [5, 5.41) is 7.57. The Hall–Kier alpha value is -0.730. The molecule has 0 unspecified atom stereocenters. The molecular weight excluding hydrogens is 212 g/mol. The molecule has 0 N–H and O–H groups in total. The highest BCUT2D eigenvalue weighted by atomic mass is 32.2. The van der Waals surface area contributed by atoms with Gasteiger partial charge in [0.25, 0.3) is 0 Å². The van der Waals surface area contributed by atoms with E-state index in [1.54, 1.807) is 0 Å². The van der Waals surface area contributed by atoms with E-state index in [0.29, 0.717) is 5.13 Å². The van der Waals surface area contributed by atoms with Crippen molar-refractivity contribution >= 4 is 26.7 Å². The van der Waals surface area contributed by atoms with Crippen LogP contribution in [0, 0.1) is 0 Å². The zero-order valence-corrected chi connectivity index (χ0v) is 9.13. The van der Waals surface area contributed by atoms with Gasteiger partial charge in [0.1, 0.15) is 5.51 Å². The van der Waals surface area contributed by atoms with Gasteiger partial charge in [0, 0.05) is 21.1 Å². The van der Waals surface area contributed by atoms with Crippen molar-refractivity contribution in [2.24, 2.45) is 0 Å². The minimum Gasteiger partial charge on any atom is -0.234 e. The van der Waals surface area contributed by atoms with Crippen LogP contribution in [0.15, 0.2) is 5.51 Å². The Morgan fingerprint density at radius 2 is 2.00 bits per heavy atom. The average molecular weight is 222 g/mol. The molecule has 0 radical (unpaired) electrons. The highest BCUT2D eigenvalue weighted by molar-refractivity contribution is 7.90. The zero-order valence-electron chi connectivity index (χ0n) is 7.50. The van der Waals surface area contributed by atoms with Crippen molar-refractivity contribution in [1.29, 1.82) is 0 Å². The van der Waals surface area contributed by atoms with Crippen LogP contribution in [0.2, 0.25) is 0 Å². The molecule has 6 nitrogen and oxygen atoms in total. The first kappa shape index (κ1) is 10.4. The maximum absolute atomic E-state index is 11.5. The molecule has 0 saturated heterocycles. The van der Waals surface area contributed by atoms with Gasteiger partial charge in [-0.05, 0) is 0 Å². The summed E-state index contributed by atoms with van der Waals surface area (Å²) in [4.78, 5) is 0. The van der Waals surface area contributed by atoms with Gasteiger partial charge in [0.15, 0.2) is 0 Å². The second-order valence-electron chi connectivity index (χ2n) is 2.48. The van der Waals surface area contributed by atoms with Crippen molar-refractivity contribution in [2.75, 3.05) is 25.4 Å². The Labute approximate surface area is 81.0 Å². The zero-order chi connectivity index (χ0) is 10.1. The molecule has 74 valence electrons. The van der Waals surface area contributed by atoms with Crippen LogP contribution in [0.5, 0.6) is 0 Å². The van der Waals surface area contributed by atoms with Crippen molar-refractivity contribution < 1.29 is 8.42 Å². The van der Waals surface area contributed by atoms with Crippen LogP contribution < -0.4 is 4.31 Å². The van der Waals surface area contributed by atoms with Gasteiger partial charge in [-0.2, -0.15) is 12.7 Å². The van der Waals surface area contributed by atoms with Crippen LogP contribution in [0.3, 0.4) is 0 Å². The maximum Gasteiger partial charge on any atom is 0.305 e. The molecule has 0 saturated carbocycles. The molecule has 0 fully saturated rings. The molecule has 0 aromatic carbocycles. The van der Waals surface area contributed by atoms with Crippen molar-refractivity contribution in [3.63, 3.8) is 0 Å². The highest BCUT2D eigenvalue weighted by Gasteiger charge is 2.22. The van der Waals surface area contributed by atoms with E-state index in [4.69, 9.17) is 0 Å². The largest absolute Gasteiger partial charge is 0.305 e. The van der Waals surface area contributed by atoms with Crippen LogP contribution in [-0.4, -0.2) is 44.1 Å². The van der Waals surface area contributed by atoms with Gasteiger partial charge in [0.05, 0.1) is 0 Å². The van der Waals surface area contributed by atoms with Crippen molar-refractivity contribution in [2.45, 2.75) is 0 Å². The van der Waals surface area contributed by atoms with Gasteiger partial charge < -0.3 is 0 Å². The summed E-state index contributed by atoms with van der Waals surface area (Å²) in [6, 6.07) is 0. The van der Waals surface area contributed by atoms with Crippen molar-refractivity contribution in [3.05, 3.63) is 5.51 Å². The van der Waals surface area contributed by atoms with Gasteiger partial charge in [-0.3, -0.25) is 0 Å². The van der Waals surface area contributed by atoms with Crippen LogP contribution in [0.1, 0.15) is 0 Å². The van der Waals surface area contributed by atoms with Crippen LogP contribution in [-0.2, 0) is 10.2 Å². The van der Waals surface area contributed by atoms with Crippen LogP contribution >= 0.6 is 11.3 Å². The van der Waals surface area contributed by atoms with E-state index in [1.165, 1.54) is 38.0 Å². The summed E-state index contributed by atoms with van der Waals surface area (Å²) in [5.74, 6) is 0. The summed E-state index contributed by atoms with van der Waals surface area (Å²) in [5.41, 5.74) is 1.48. The molecule has 0 aliphatic rings. The first-order valence-electron chi connectivity index (χ1n) is 3.39. The van der Waals surface area contributed by atoms with E-state index < -0.39 is 10.2 Å². The normalized spacial score (nSPS) is 12.0. The van der Waals surface area contributed by atoms with E-state index in [2.05, 4.69) is 10.2 Å². The predicted octanol–water partition coefficient (Wildman–Crippen LogP) is -0.219. The maximum atomic E-state index is 11.5. The molecule has 13 heavy (non-hydrogen) atoms. The Morgan fingerprint density at radius 1 is 1.38 bits per heavy atom. The standard InChI is InChI=1S/C5H10N4O2S2/c1-8(2)13(10,11)9(3)5-7-6-4-12-5/h4H,1-3H3. The molecule has 1 aromatic rings. The fraction of sp³-hybridized carbons (Fsp3) is 0.600. The molecular formula is C5H10N4O2S2. The Balaban J connectivity index is 2.98. The summed E-state index contributed by atoms with van der Waals surface area (Å²) in [6.45, 7) is 0. The van der Waals surface area contributed by atoms with E-state index >= 15 is 0 Å². The monoisotopic (exact) mass is 222 g/mol. The number of anilines is 1. The highest BCUT2D eigenvalue weighted by Crippen LogP contribution is 2.17. The molecule has 1 aromatic heterocycles. The molecule has 0 aliphatic heterocycles. The smallest absolute Gasteiger partial charge is 0.234 e. The summed E-state index contributed by atoms with van der Waals surface area (Å²) in [6.07, 6.45) is 0. The molecule has 0 atom stereocenters. The molecule has 8 heteroatoms. The molecule has 0 aliphatic carbocycles. The van der Waals surface area contributed by atoms with E-state index in [0.717, 1.165) is 8.61 Å². The number of nitrogens with zero attached hydrogens (tertiary/aromatic N) is 4. The summed E-state index contributed by atoms with van der Waals surface area (Å²) < 4.78 is 25.2. The van der Waals surface area contributed by atoms with Crippen LogP contribution in [0.4, 0.5) is 5.13 Å². The topological polar surface area (TPSA) is 66.4 Å². The van der Waals surface area contributed by atoms with Gasteiger partial charge in [-0.15, -0.1) is 10.2 Å². The minimum atomic E-state index is -3.43. The second-order valence-corrected chi connectivity index (χ2v) is 5.46. The van der Waals surface area contributed by atoms with Gasteiger partial charge in [-0.25, -0.2) is 4.31 Å². The third-order valence-electron chi connectivity index (χ3n) is 1.43. The summed E-state index contributed by atoms with van der Waals surface area (Å²) >= 11 is 1.17. The lowest BCUT2D eigenvalue weighted by Gasteiger charge is -2.19. The number of hydrogen-bond acceptors (Lipinski definition) is 5. The minimum absolute atomic E-state index is 0.355. The van der Waals surface area contributed by atoms with Crippen LogP contribution in [0.25, 0.3) is 0 Å². The number of aromatic nitrogens is 2. The van der Waals surface area contributed by atoms with Gasteiger partial charge >= 0.3 is 10.2 Å². The average Bonchev–Trinajstić information content (AvgIpc) is 2.54. The third kappa shape index (κ3) is 1.95. The lowest BCUT2D eigenvalue weighted by molar-refractivity contribution is 0.518. The quantitative estimate of drug-likeness (QED) is 0.709. The van der Waals surface area contributed by atoms with Gasteiger partial charge in [-0.1, -0.05) is 11.3 Å². The number of hydrogen-bond donors (Lipinski definition) is 0. The van der Waals surface area contributed by atoms with E-state index in [9.17, 15) is 8.42 Å². The predicted molar refractivity (Wildman–Crippen MR) is 50.9 cm³/mol. The second kappa shape index (κ2) is 3.56. The number of rotatable bonds is 3. The van der Waals surface area contributed by atoms with Gasteiger partial charge in [0.2, 0.25) is 5.13 Å². The summed E-state index contributed by atoms with van der Waals surface area (Å²) in [7, 11) is 0.945. The first-order valence-corrected chi connectivity index (χ1v) is 5.66. The molecule has 0 spiro atoms.